The average Bonchev–Trinajstić information content (AvgIpc) is 2.46. The van der Waals surface area contributed by atoms with Crippen LogP contribution < -0.4 is 10.7 Å². The lowest BCUT2D eigenvalue weighted by Crippen LogP contribution is -2.20. The largest absolute Gasteiger partial charge is 0.331 e. The minimum atomic E-state index is -3.82. The van der Waals surface area contributed by atoms with Gasteiger partial charge in [0, 0.05) is 0 Å². The molecule has 0 fully saturated rings. The highest BCUT2D eigenvalue weighted by Gasteiger charge is 2.11. The van der Waals surface area contributed by atoms with Crippen molar-refractivity contribution >= 4 is 33.1 Å². The average molecular weight is 351 g/mol. The Hall–Kier alpha value is -2.36. The van der Waals surface area contributed by atoms with E-state index in [1.807, 2.05) is 0 Å². The standard InChI is InChI=1S/C14H10FN3O3S2/c15-8-1-6-11-12(7-8)17-14(22)18(13(11)19)9-2-4-10(5-3-9)23(16,20)21/h1-7H,(H,17,22)(H2,16,20,21). The van der Waals surface area contributed by atoms with Crippen LogP contribution in [0, 0.1) is 10.6 Å². The molecule has 0 aliphatic carbocycles. The third kappa shape index (κ3) is 2.81. The topological polar surface area (TPSA) is 97.9 Å². The van der Waals surface area contributed by atoms with Gasteiger partial charge in [0.2, 0.25) is 10.0 Å². The van der Waals surface area contributed by atoms with Gasteiger partial charge >= 0.3 is 0 Å². The maximum atomic E-state index is 13.2. The van der Waals surface area contributed by atoms with Crippen molar-refractivity contribution in [3.8, 4) is 5.69 Å². The van der Waals surface area contributed by atoms with Crippen LogP contribution in [-0.2, 0) is 10.0 Å². The molecule has 0 radical (unpaired) electrons. The van der Waals surface area contributed by atoms with E-state index in [9.17, 15) is 17.6 Å². The van der Waals surface area contributed by atoms with E-state index in [0.29, 0.717) is 5.69 Å². The Kier molecular flexibility index (Phi) is 3.63. The highest BCUT2D eigenvalue weighted by atomic mass is 32.2. The van der Waals surface area contributed by atoms with Gasteiger partial charge in [-0.2, -0.15) is 0 Å². The summed E-state index contributed by atoms with van der Waals surface area (Å²) in [7, 11) is -3.82. The molecule has 0 saturated carbocycles. The third-order valence-electron chi connectivity index (χ3n) is 3.28. The number of primary sulfonamides is 1. The molecule has 1 heterocycles. The molecule has 0 unspecified atom stereocenters. The van der Waals surface area contributed by atoms with E-state index in [2.05, 4.69) is 4.98 Å². The maximum Gasteiger partial charge on any atom is 0.266 e. The predicted molar refractivity (Wildman–Crippen MR) is 86.1 cm³/mol. The highest BCUT2D eigenvalue weighted by Crippen LogP contribution is 2.14. The van der Waals surface area contributed by atoms with Crippen molar-refractivity contribution in [3.05, 3.63) is 63.4 Å². The number of nitrogens with zero attached hydrogens (tertiary/aromatic N) is 1. The van der Waals surface area contributed by atoms with E-state index in [1.54, 1.807) is 0 Å². The quantitative estimate of drug-likeness (QED) is 0.688. The molecule has 3 rings (SSSR count). The van der Waals surface area contributed by atoms with Gasteiger partial charge in [-0.1, -0.05) is 0 Å². The first-order valence-electron chi connectivity index (χ1n) is 6.35. The molecule has 0 amide bonds. The highest BCUT2D eigenvalue weighted by molar-refractivity contribution is 7.89. The minimum absolute atomic E-state index is 0.0662. The van der Waals surface area contributed by atoms with Crippen molar-refractivity contribution in [2.45, 2.75) is 4.90 Å². The van der Waals surface area contributed by atoms with Gasteiger partial charge in [0.1, 0.15) is 5.82 Å². The molecule has 3 aromatic rings. The van der Waals surface area contributed by atoms with Crippen LogP contribution in [0.25, 0.3) is 16.6 Å². The Morgan fingerprint density at radius 3 is 2.39 bits per heavy atom. The summed E-state index contributed by atoms with van der Waals surface area (Å²) in [5, 5.41) is 5.30. The zero-order chi connectivity index (χ0) is 16.8. The number of nitrogens with two attached hydrogens (primary N) is 1. The number of H-pyrrole nitrogens is 1. The van der Waals surface area contributed by atoms with E-state index >= 15 is 0 Å². The number of hydrogen-bond acceptors (Lipinski definition) is 4. The summed E-state index contributed by atoms with van der Waals surface area (Å²) in [6.45, 7) is 0. The fourth-order valence-electron chi connectivity index (χ4n) is 2.21. The van der Waals surface area contributed by atoms with E-state index < -0.39 is 21.4 Å². The molecule has 0 aliphatic heterocycles. The van der Waals surface area contributed by atoms with Crippen molar-refractivity contribution in [1.29, 1.82) is 0 Å². The van der Waals surface area contributed by atoms with Crippen LogP contribution in [-0.4, -0.2) is 18.0 Å². The second-order valence-electron chi connectivity index (χ2n) is 4.80. The van der Waals surface area contributed by atoms with Crippen LogP contribution in [0.1, 0.15) is 0 Å². The summed E-state index contributed by atoms with van der Waals surface area (Å²) in [6, 6.07) is 9.10. The van der Waals surface area contributed by atoms with Gasteiger partial charge in [-0.3, -0.25) is 9.36 Å². The zero-order valence-electron chi connectivity index (χ0n) is 11.5. The second kappa shape index (κ2) is 5.37. The number of nitrogens with one attached hydrogen (secondary N) is 1. The summed E-state index contributed by atoms with van der Waals surface area (Å²) in [5.41, 5.74) is 0.222. The van der Waals surface area contributed by atoms with E-state index in [0.717, 1.165) is 0 Å². The predicted octanol–water partition coefficient (Wildman–Crippen LogP) is 1.83. The Labute approximate surface area is 135 Å². The Bertz CT molecular complexity index is 1130. The number of aromatic amines is 1. The molecular weight excluding hydrogens is 341 g/mol. The molecule has 0 atom stereocenters. The SMILES string of the molecule is NS(=O)(=O)c1ccc(-n2c(=S)[nH]c3cc(F)ccc3c2=O)cc1. The summed E-state index contributed by atoms with van der Waals surface area (Å²) in [6.07, 6.45) is 0. The van der Waals surface area contributed by atoms with Crippen LogP contribution in [0.3, 0.4) is 0 Å². The molecule has 0 aliphatic rings. The minimum Gasteiger partial charge on any atom is -0.331 e. The van der Waals surface area contributed by atoms with Crippen molar-refractivity contribution < 1.29 is 12.8 Å². The van der Waals surface area contributed by atoms with Gasteiger partial charge in [0.25, 0.3) is 5.56 Å². The van der Waals surface area contributed by atoms with Gasteiger partial charge < -0.3 is 4.98 Å². The van der Waals surface area contributed by atoms with Crippen LogP contribution in [0.2, 0.25) is 0 Å². The lowest BCUT2D eigenvalue weighted by atomic mass is 10.2. The smallest absolute Gasteiger partial charge is 0.266 e. The monoisotopic (exact) mass is 351 g/mol. The zero-order valence-corrected chi connectivity index (χ0v) is 13.1. The fraction of sp³-hybridized carbons (Fsp3) is 0. The number of halogens is 1. The van der Waals surface area contributed by atoms with Crippen molar-refractivity contribution in [3.63, 3.8) is 0 Å². The molecule has 2 aromatic carbocycles. The molecular formula is C14H10FN3O3S2. The Morgan fingerprint density at radius 1 is 1.13 bits per heavy atom. The Morgan fingerprint density at radius 2 is 1.78 bits per heavy atom. The molecule has 0 spiro atoms. The van der Waals surface area contributed by atoms with Gasteiger partial charge in [0.05, 0.1) is 21.5 Å². The fourth-order valence-corrected chi connectivity index (χ4v) is 3.02. The van der Waals surface area contributed by atoms with Crippen molar-refractivity contribution in [2.24, 2.45) is 5.14 Å². The second-order valence-corrected chi connectivity index (χ2v) is 6.75. The van der Waals surface area contributed by atoms with E-state index in [1.165, 1.54) is 47.0 Å². The molecule has 23 heavy (non-hydrogen) atoms. The molecule has 6 nitrogen and oxygen atoms in total. The maximum absolute atomic E-state index is 13.2. The van der Waals surface area contributed by atoms with Gasteiger partial charge in [-0.25, -0.2) is 17.9 Å². The third-order valence-corrected chi connectivity index (χ3v) is 4.50. The molecule has 3 N–H and O–H groups in total. The molecule has 0 bridgehead atoms. The summed E-state index contributed by atoms with van der Waals surface area (Å²) < 4.78 is 37.0. The number of aromatic nitrogens is 2. The molecule has 9 heteroatoms. The van der Waals surface area contributed by atoms with E-state index in [4.69, 9.17) is 17.4 Å². The van der Waals surface area contributed by atoms with Crippen LogP contribution >= 0.6 is 12.2 Å². The number of hydrogen-bond donors (Lipinski definition) is 2. The first-order chi connectivity index (χ1) is 10.8. The summed E-state index contributed by atoms with van der Waals surface area (Å²) in [4.78, 5) is 15.3. The van der Waals surface area contributed by atoms with Crippen LogP contribution in [0.15, 0.2) is 52.2 Å². The van der Waals surface area contributed by atoms with Crippen LogP contribution in [0.4, 0.5) is 4.39 Å². The lowest BCUT2D eigenvalue weighted by Gasteiger charge is -2.08. The lowest BCUT2D eigenvalue weighted by molar-refractivity contribution is 0.598. The number of fused-ring (bicyclic) bond motifs is 1. The molecule has 0 saturated heterocycles. The number of rotatable bonds is 2. The van der Waals surface area contributed by atoms with Crippen LogP contribution in [0.5, 0.6) is 0 Å². The molecule has 1 aromatic heterocycles. The molecule has 118 valence electrons. The number of benzene rings is 2. The number of sulfonamides is 1. The van der Waals surface area contributed by atoms with Crippen molar-refractivity contribution in [2.75, 3.05) is 0 Å². The van der Waals surface area contributed by atoms with Crippen molar-refractivity contribution in [1.82, 2.24) is 9.55 Å². The first-order valence-corrected chi connectivity index (χ1v) is 8.31. The van der Waals surface area contributed by atoms with Gasteiger partial charge in [-0.05, 0) is 54.7 Å². The summed E-state index contributed by atoms with van der Waals surface area (Å²) in [5.74, 6) is -0.488. The normalized spacial score (nSPS) is 11.7. The Balaban J connectivity index is 2.26. The summed E-state index contributed by atoms with van der Waals surface area (Å²) >= 11 is 5.14. The van der Waals surface area contributed by atoms with Gasteiger partial charge in [0.15, 0.2) is 4.77 Å². The van der Waals surface area contributed by atoms with Gasteiger partial charge in [-0.15, -0.1) is 0 Å². The van der Waals surface area contributed by atoms with E-state index in [-0.39, 0.29) is 20.6 Å². The first kappa shape index (κ1) is 15.5.